The van der Waals surface area contributed by atoms with Crippen molar-refractivity contribution in [3.8, 4) is 0 Å². The van der Waals surface area contributed by atoms with Crippen molar-refractivity contribution in [2.75, 3.05) is 13.1 Å². The summed E-state index contributed by atoms with van der Waals surface area (Å²) in [7, 11) is 0. The molecule has 1 heterocycles. The highest BCUT2D eigenvalue weighted by molar-refractivity contribution is 9.09. The van der Waals surface area contributed by atoms with Gasteiger partial charge in [-0.25, -0.2) is 8.78 Å². The summed E-state index contributed by atoms with van der Waals surface area (Å²) in [5.74, 6) is -1.17. The Hall–Kier alpha value is -0.970. The van der Waals surface area contributed by atoms with E-state index in [4.69, 9.17) is 0 Å². The number of amides is 1. The fourth-order valence-electron chi connectivity index (χ4n) is 2.42. The second-order valence-corrected chi connectivity index (χ2v) is 6.41. The maximum atomic E-state index is 13.1. The molecule has 0 bridgehead atoms. The van der Waals surface area contributed by atoms with Crippen LogP contribution in [0.2, 0.25) is 0 Å². The van der Waals surface area contributed by atoms with Gasteiger partial charge in [-0.3, -0.25) is 4.79 Å². The number of rotatable bonds is 2. The lowest BCUT2D eigenvalue weighted by Crippen LogP contribution is -2.40. The number of piperidine rings is 1. The first kappa shape index (κ1) is 14.4. The SMILES string of the molecule is CC(Br)C1CCN(C(=O)c2cc(F)cc(F)c2)CC1. The van der Waals surface area contributed by atoms with E-state index in [0.717, 1.165) is 31.0 Å². The number of alkyl halides is 1. The zero-order chi connectivity index (χ0) is 14.0. The van der Waals surface area contributed by atoms with Gasteiger partial charge in [0, 0.05) is 29.5 Å². The Labute approximate surface area is 119 Å². The number of nitrogens with zero attached hydrogens (tertiary/aromatic N) is 1. The van der Waals surface area contributed by atoms with E-state index < -0.39 is 11.6 Å². The van der Waals surface area contributed by atoms with Crippen LogP contribution in [0.3, 0.4) is 0 Å². The Balaban J connectivity index is 2.05. The maximum absolute atomic E-state index is 13.1. The summed E-state index contributed by atoms with van der Waals surface area (Å²) < 4.78 is 26.2. The van der Waals surface area contributed by atoms with Crippen LogP contribution in [0.4, 0.5) is 8.78 Å². The Morgan fingerprint density at radius 1 is 1.26 bits per heavy atom. The summed E-state index contributed by atoms with van der Waals surface area (Å²) in [6.45, 7) is 3.37. The quantitative estimate of drug-likeness (QED) is 0.758. The van der Waals surface area contributed by atoms with E-state index in [9.17, 15) is 13.6 Å². The summed E-state index contributed by atoms with van der Waals surface area (Å²) in [5, 5.41) is 0. The summed E-state index contributed by atoms with van der Waals surface area (Å²) in [6, 6.07) is 2.95. The molecule has 19 heavy (non-hydrogen) atoms. The molecule has 2 rings (SSSR count). The van der Waals surface area contributed by atoms with Crippen LogP contribution in [-0.4, -0.2) is 28.7 Å². The zero-order valence-corrected chi connectivity index (χ0v) is 12.3. The lowest BCUT2D eigenvalue weighted by Gasteiger charge is -2.33. The van der Waals surface area contributed by atoms with Gasteiger partial charge < -0.3 is 4.90 Å². The molecule has 0 radical (unpaired) electrons. The van der Waals surface area contributed by atoms with E-state index in [-0.39, 0.29) is 11.5 Å². The normalized spacial score (nSPS) is 18.4. The third kappa shape index (κ3) is 3.53. The fraction of sp³-hybridized carbons (Fsp3) is 0.500. The van der Waals surface area contributed by atoms with Crippen LogP contribution in [0.25, 0.3) is 0 Å². The molecule has 0 spiro atoms. The molecule has 1 unspecified atom stereocenters. The molecule has 1 atom stereocenters. The molecule has 0 N–H and O–H groups in total. The molecule has 5 heteroatoms. The summed E-state index contributed by atoms with van der Waals surface area (Å²) in [4.78, 5) is 14.3. The predicted molar refractivity (Wildman–Crippen MR) is 73.4 cm³/mol. The van der Waals surface area contributed by atoms with Crippen molar-refractivity contribution in [2.45, 2.75) is 24.6 Å². The van der Waals surface area contributed by atoms with E-state index in [1.807, 2.05) is 0 Å². The third-order valence-corrected chi connectivity index (χ3v) is 4.33. The van der Waals surface area contributed by atoms with E-state index >= 15 is 0 Å². The number of carbonyl (C=O) groups excluding carboxylic acids is 1. The van der Waals surface area contributed by atoms with Crippen molar-refractivity contribution in [1.29, 1.82) is 0 Å². The maximum Gasteiger partial charge on any atom is 0.254 e. The van der Waals surface area contributed by atoms with Gasteiger partial charge in [0.1, 0.15) is 11.6 Å². The number of halogens is 3. The van der Waals surface area contributed by atoms with E-state index in [1.54, 1.807) is 4.90 Å². The van der Waals surface area contributed by atoms with Crippen LogP contribution in [-0.2, 0) is 0 Å². The van der Waals surface area contributed by atoms with E-state index in [2.05, 4.69) is 22.9 Å². The van der Waals surface area contributed by atoms with Gasteiger partial charge in [-0.05, 0) is 30.9 Å². The lowest BCUT2D eigenvalue weighted by atomic mass is 9.94. The molecular weight excluding hydrogens is 316 g/mol. The van der Waals surface area contributed by atoms with Crippen LogP contribution in [0.1, 0.15) is 30.1 Å². The molecule has 0 aliphatic carbocycles. The van der Waals surface area contributed by atoms with Crippen LogP contribution in [0.15, 0.2) is 18.2 Å². The average molecular weight is 332 g/mol. The third-order valence-electron chi connectivity index (χ3n) is 3.59. The molecule has 1 saturated heterocycles. The van der Waals surface area contributed by atoms with Gasteiger partial charge in [0.05, 0.1) is 0 Å². The number of hydrogen-bond donors (Lipinski definition) is 0. The van der Waals surface area contributed by atoms with Crippen LogP contribution < -0.4 is 0 Å². The molecular formula is C14H16BrF2NO. The zero-order valence-electron chi connectivity index (χ0n) is 10.7. The van der Waals surface area contributed by atoms with Gasteiger partial charge in [-0.15, -0.1) is 0 Å². The second kappa shape index (κ2) is 5.99. The molecule has 0 aromatic heterocycles. The van der Waals surface area contributed by atoms with Gasteiger partial charge in [0.15, 0.2) is 0 Å². The van der Waals surface area contributed by atoms with Crippen LogP contribution >= 0.6 is 15.9 Å². The van der Waals surface area contributed by atoms with Crippen molar-refractivity contribution >= 4 is 21.8 Å². The molecule has 1 fully saturated rings. The smallest absolute Gasteiger partial charge is 0.254 e. The van der Waals surface area contributed by atoms with Crippen molar-refractivity contribution in [2.24, 2.45) is 5.92 Å². The van der Waals surface area contributed by atoms with Crippen LogP contribution in [0.5, 0.6) is 0 Å². The summed E-state index contributed by atoms with van der Waals surface area (Å²) >= 11 is 3.55. The minimum Gasteiger partial charge on any atom is -0.339 e. The minimum atomic E-state index is -0.715. The Bertz CT molecular complexity index is 450. The number of hydrogen-bond acceptors (Lipinski definition) is 1. The van der Waals surface area contributed by atoms with Crippen molar-refractivity contribution in [3.63, 3.8) is 0 Å². The first-order chi connectivity index (χ1) is 8.97. The van der Waals surface area contributed by atoms with Gasteiger partial charge >= 0.3 is 0 Å². The first-order valence-corrected chi connectivity index (χ1v) is 7.28. The van der Waals surface area contributed by atoms with Crippen molar-refractivity contribution in [3.05, 3.63) is 35.4 Å². The molecule has 1 aliphatic rings. The lowest BCUT2D eigenvalue weighted by molar-refractivity contribution is 0.0690. The van der Waals surface area contributed by atoms with Crippen molar-refractivity contribution < 1.29 is 13.6 Å². The monoisotopic (exact) mass is 331 g/mol. The Kier molecular flexibility index (Phi) is 4.55. The topological polar surface area (TPSA) is 20.3 Å². The summed E-state index contributed by atoms with van der Waals surface area (Å²) in [5.41, 5.74) is 0.0860. The molecule has 2 nitrogen and oxygen atoms in total. The largest absolute Gasteiger partial charge is 0.339 e. The highest BCUT2D eigenvalue weighted by atomic mass is 79.9. The standard InChI is InChI=1S/C14H16BrF2NO/c1-9(15)10-2-4-18(5-3-10)14(19)11-6-12(16)8-13(17)7-11/h6-10H,2-5H2,1H3. The van der Waals surface area contributed by atoms with Crippen LogP contribution in [0, 0.1) is 17.6 Å². The number of likely N-dealkylation sites (tertiary alicyclic amines) is 1. The minimum absolute atomic E-state index is 0.0860. The molecule has 1 aromatic rings. The molecule has 1 aromatic carbocycles. The van der Waals surface area contributed by atoms with Gasteiger partial charge in [0.25, 0.3) is 5.91 Å². The van der Waals surface area contributed by atoms with Gasteiger partial charge in [-0.2, -0.15) is 0 Å². The highest BCUT2D eigenvalue weighted by Gasteiger charge is 2.26. The molecule has 0 saturated carbocycles. The number of benzene rings is 1. The number of carbonyl (C=O) groups is 1. The summed E-state index contributed by atoms with van der Waals surface area (Å²) in [6.07, 6.45) is 1.83. The Morgan fingerprint density at radius 3 is 2.26 bits per heavy atom. The second-order valence-electron chi connectivity index (χ2n) is 4.97. The average Bonchev–Trinajstić information content (AvgIpc) is 2.37. The Morgan fingerprint density at radius 2 is 1.79 bits per heavy atom. The molecule has 104 valence electrons. The van der Waals surface area contributed by atoms with E-state index in [0.29, 0.717) is 23.8 Å². The van der Waals surface area contributed by atoms with E-state index in [1.165, 1.54) is 0 Å². The van der Waals surface area contributed by atoms with Gasteiger partial charge in [0.2, 0.25) is 0 Å². The molecule has 1 aliphatic heterocycles. The first-order valence-electron chi connectivity index (χ1n) is 6.37. The fourth-order valence-corrected chi connectivity index (χ4v) is 2.95. The highest BCUT2D eigenvalue weighted by Crippen LogP contribution is 2.26. The van der Waals surface area contributed by atoms with Crippen molar-refractivity contribution in [1.82, 2.24) is 4.90 Å². The molecule has 1 amide bonds. The predicted octanol–water partition coefficient (Wildman–Crippen LogP) is 3.60. The van der Waals surface area contributed by atoms with Gasteiger partial charge in [-0.1, -0.05) is 22.9 Å².